The molecule has 0 aliphatic carbocycles. The van der Waals surface area contributed by atoms with Crippen LogP contribution in [0.5, 0.6) is 0 Å². The molecule has 6 nitrogen and oxygen atoms in total. The zero-order chi connectivity index (χ0) is 14.0. The summed E-state index contributed by atoms with van der Waals surface area (Å²) >= 11 is 0. The third-order valence-corrected chi connectivity index (χ3v) is 4.35. The van der Waals surface area contributed by atoms with Crippen molar-refractivity contribution in [3.05, 3.63) is 0 Å². The summed E-state index contributed by atoms with van der Waals surface area (Å²) in [5.41, 5.74) is -0.816. The number of carboxylic acid groups (broad SMARTS) is 1. The number of carbonyl (C=O) groups excluding carboxylic acids is 2. The minimum absolute atomic E-state index is 0.0860. The lowest BCUT2D eigenvalue weighted by Gasteiger charge is -2.40. The number of aliphatic carboxylic acids is 1. The predicted molar refractivity (Wildman–Crippen MR) is 67.3 cm³/mol. The van der Waals surface area contributed by atoms with Gasteiger partial charge in [0.2, 0.25) is 11.8 Å². The Hall–Kier alpha value is -1.59. The van der Waals surface area contributed by atoms with E-state index in [0.717, 1.165) is 0 Å². The highest BCUT2D eigenvalue weighted by Gasteiger charge is 2.43. The summed E-state index contributed by atoms with van der Waals surface area (Å²) in [6, 6.07) is 0. The number of piperidine rings is 1. The maximum Gasteiger partial charge on any atom is 0.311 e. The molecule has 0 aromatic heterocycles. The minimum Gasteiger partial charge on any atom is -0.481 e. The van der Waals surface area contributed by atoms with E-state index in [4.69, 9.17) is 0 Å². The van der Waals surface area contributed by atoms with Gasteiger partial charge in [0.25, 0.3) is 0 Å². The Balaban J connectivity index is 2.06. The molecule has 2 atom stereocenters. The predicted octanol–water partition coefficient (Wildman–Crippen LogP) is 0.226. The molecule has 0 radical (unpaired) electrons. The van der Waals surface area contributed by atoms with Gasteiger partial charge in [-0.3, -0.25) is 14.4 Å². The normalized spacial score (nSPS) is 31.1. The summed E-state index contributed by atoms with van der Waals surface area (Å²) in [5, 5.41) is 12.0. The van der Waals surface area contributed by atoms with Crippen molar-refractivity contribution in [3.63, 3.8) is 0 Å². The smallest absolute Gasteiger partial charge is 0.311 e. The van der Waals surface area contributed by atoms with Gasteiger partial charge in [-0.25, -0.2) is 0 Å². The average molecular weight is 268 g/mol. The third-order valence-electron chi connectivity index (χ3n) is 4.35. The Morgan fingerprint density at radius 3 is 2.79 bits per heavy atom. The molecule has 2 heterocycles. The molecule has 2 amide bonds. The zero-order valence-corrected chi connectivity index (χ0v) is 11.1. The van der Waals surface area contributed by atoms with Crippen molar-refractivity contribution in [1.29, 1.82) is 0 Å². The first-order valence-electron chi connectivity index (χ1n) is 6.77. The minimum atomic E-state index is -0.826. The summed E-state index contributed by atoms with van der Waals surface area (Å²) in [6.45, 7) is 3.09. The fourth-order valence-corrected chi connectivity index (χ4v) is 2.97. The number of carboxylic acids is 1. The number of carbonyl (C=O) groups is 3. The van der Waals surface area contributed by atoms with Crippen LogP contribution < -0.4 is 5.32 Å². The van der Waals surface area contributed by atoms with Crippen LogP contribution in [0.15, 0.2) is 0 Å². The Bertz CT molecular complexity index is 409. The summed E-state index contributed by atoms with van der Waals surface area (Å²) < 4.78 is 0. The first-order chi connectivity index (χ1) is 8.98. The molecular weight excluding hydrogens is 248 g/mol. The Kier molecular flexibility index (Phi) is 3.78. The average Bonchev–Trinajstić information content (AvgIpc) is 2.84. The van der Waals surface area contributed by atoms with Gasteiger partial charge in [-0.1, -0.05) is 6.92 Å². The molecule has 6 heteroatoms. The van der Waals surface area contributed by atoms with Gasteiger partial charge in [0.05, 0.1) is 11.3 Å². The van der Waals surface area contributed by atoms with Crippen molar-refractivity contribution in [2.45, 2.75) is 32.6 Å². The first-order valence-corrected chi connectivity index (χ1v) is 6.77. The number of amides is 2. The van der Waals surface area contributed by atoms with Crippen LogP contribution in [-0.4, -0.2) is 47.4 Å². The van der Waals surface area contributed by atoms with E-state index >= 15 is 0 Å². The van der Waals surface area contributed by atoms with Crippen molar-refractivity contribution in [2.24, 2.45) is 11.3 Å². The molecule has 2 fully saturated rings. The number of rotatable bonds is 3. The molecule has 0 spiro atoms. The van der Waals surface area contributed by atoms with Crippen LogP contribution in [0.3, 0.4) is 0 Å². The monoisotopic (exact) mass is 268 g/mol. The molecule has 0 bridgehead atoms. The number of likely N-dealkylation sites (tertiary alicyclic amines) is 1. The van der Waals surface area contributed by atoms with E-state index in [-0.39, 0.29) is 30.7 Å². The van der Waals surface area contributed by atoms with E-state index in [0.29, 0.717) is 32.4 Å². The van der Waals surface area contributed by atoms with E-state index in [1.807, 2.05) is 6.92 Å². The molecule has 2 aliphatic heterocycles. The van der Waals surface area contributed by atoms with Gasteiger partial charge in [-0.05, 0) is 19.3 Å². The van der Waals surface area contributed by atoms with Gasteiger partial charge in [-0.2, -0.15) is 0 Å². The quantitative estimate of drug-likeness (QED) is 0.767. The molecular formula is C13H20N2O4. The summed E-state index contributed by atoms with van der Waals surface area (Å²) in [4.78, 5) is 36.5. The van der Waals surface area contributed by atoms with Crippen LogP contribution in [0.25, 0.3) is 0 Å². The second-order valence-electron chi connectivity index (χ2n) is 5.51. The van der Waals surface area contributed by atoms with Crippen molar-refractivity contribution in [1.82, 2.24) is 10.2 Å². The Morgan fingerprint density at radius 2 is 2.26 bits per heavy atom. The zero-order valence-electron chi connectivity index (χ0n) is 11.1. The third kappa shape index (κ3) is 2.57. The number of hydrogen-bond donors (Lipinski definition) is 2. The highest BCUT2D eigenvalue weighted by Crippen LogP contribution is 2.34. The fourth-order valence-electron chi connectivity index (χ4n) is 2.97. The SMILES string of the molecule is CCC1(C(=O)O)CCCN(C(=O)C2CNC(=O)C2)C1. The lowest BCUT2D eigenvalue weighted by Crippen LogP contribution is -2.51. The van der Waals surface area contributed by atoms with Gasteiger partial charge in [0, 0.05) is 26.1 Å². The summed E-state index contributed by atoms with van der Waals surface area (Å²) in [6.07, 6.45) is 2.07. The number of nitrogens with zero attached hydrogens (tertiary/aromatic N) is 1. The molecule has 0 aromatic carbocycles. The van der Waals surface area contributed by atoms with Crippen LogP contribution in [0, 0.1) is 11.3 Å². The van der Waals surface area contributed by atoms with Crippen molar-refractivity contribution < 1.29 is 19.5 Å². The first kappa shape index (κ1) is 13.8. The number of nitrogens with one attached hydrogen (secondary N) is 1. The largest absolute Gasteiger partial charge is 0.481 e. The molecule has 0 aromatic rings. The lowest BCUT2D eigenvalue weighted by atomic mass is 9.77. The van der Waals surface area contributed by atoms with Gasteiger partial charge < -0.3 is 15.3 Å². The molecule has 0 saturated carbocycles. The second-order valence-corrected chi connectivity index (χ2v) is 5.51. The topological polar surface area (TPSA) is 86.7 Å². The lowest BCUT2D eigenvalue weighted by molar-refractivity contribution is -0.156. The fraction of sp³-hybridized carbons (Fsp3) is 0.769. The van der Waals surface area contributed by atoms with Crippen molar-refractivity contribution in [3.8, 4) is 0 Å². The van der Waals surface area contributed by atoms with E-state index in [2.05, 4.69) is 5.32 Å². The van der Waals surface area contributed by atoms with Gasteiger partial charge >= 0.3 is 5.97 Å². The Morgan fingerprint density at radius 1 is 1.53 bits per heavy atom. The van der Waals surface area contributed by atoms with E-state index in [1.54, 1.807) is 4.90 Å². The molecule has 19 heavy (non-hydrogen) atoms. The maximum atomic E-state index is 12.3. The van der Waals surface area contributed by atoms with Crippen molar-refractivity contribution >= 4 is 17.8 Å². The highest BCUT2D eigenvalue weighted by atomic mass is 16.4. The maximum absolute atomic E-state index is 12.3. The van der Waals surface area contributed by atoms with Gasteiger partial charge in [0.1, 0.15) is 0 Å². The van der Waals surface area contributed by atoms with Crippen LogP contribution >= 0.6 is 0 Å². The Labute approximate surface area is 112 Å². The van der Waals surface area contributed by atoms with Crippen molar-refractivity contribution in [2.75, 3.05) is 19.6 Å². The molecule has 2 unspecified atom stereocenters. The number of hydrogen-bond acceptors (Lipinski definition) is 3. The van der Waals surface area contributed by atoms with Crippen LogP contribution in [-0.2, 0) is 14.4 Å². The molecule has 106 valence electrons. The summed E-state index contributed by atoms with van der Waals surface area (Å²) in [5.74, 6) is -1.34. The van der Waals surface area contributed by atoms with Gasteiger partial charge in [0.15, 0.2) is 0 Å². The second kappa shape index (κ2) is 5.19. The summed E-state index contributed by atoms with van der Waals surface area (Å²) in [7, 11) is 0. The molecule has 2 saturated heterocycles. The van der Waals surface area contributed by atoms with Crippen LogP contribution in [0.4, 0.5) is 0 Å². The van der Waals surface area contributed by atoms with E-state index in [9.17, 15) is 19.5 Å². The van der Waals surface area contributed by atoms with Crippen LogP contribution in [0.2, 0.25) is 0 Å². The van der Waals surface area contributed by atoms with E-state index < -0.39 is 11.4 Å². The van der Waals surface area contributed by atoms with E-state index in [1.165, 1.54) is 0 Å². The highest BCUT2D eigenvalue weighted by molar-refractivity contribution is 5.89. The molecule has 2 aliphatic rings. The molecule has 2 rings (SSSR count). The van der Waals surface area contributed by atoms with Gasteiger partial charge in [-0.15, -0.1) is 0 Å². The molecule has 2 N–H and O–H groups in total. The standard InChI is InChI=1S/C13H20N2O4/c1-2-13(12(18)19)4-3-5-15(8-13)11(17)9-6-10(16)14-7-9/h9H,2-8H2,1H3,(H,14,16)(H,18,19). The van der Waals surface area contributed by atoms with Crippen LogP contribution in [0.1, 0.15) is 32.6 Å².